The number of hydrogen-bond acceptors (Lipinski definition) is 6. The minimum absolute atomic E-state index is 0.0139. The molecule has 1 amide bonds. The van der Waals surface area contributed by atoms with Crippen LogP contribution in [-0.4, -0.2) is 65.1 Å². The molecule has 3 atom stereocenters. The first-order valence-corrected chi connectivity index (χ1v) is 16.7. The van der Waals surface area contributed by atoms with Gasteiger partial charge in [0.15, 0.2) is 11.9 Å². The largest absolute Gasteiger partial charge is 0.480 e. The molecule has 48 heavy (non-hydrogen) atoms. The number of carboxylic acid groups (broad SMARTS) is 1. The summed E-state index contributed by atoms with van der Waals surface area (Å²) in [4.78, 5) is 37.8. The van der Waals surface area contributed by atoms with E-state index >= 15 is 0 Å². The third-order valence-electron chi connectivity index (χ3n) is 8.83. The highest BCUT2D eigenvalue weighted by atomic mass is 16.4. The quantitative estimate of drug-likeness (QED) is 0.0864. The van der Waals surface area contributed by atoms with Gasteiger partial charge in [-0.3, -0.25) is 14.8 Å². The standard InChI is InChI=1S/C35H58N10O3/c1-33(2,3)19-15-21(34(4,5)6)27-20-17-24(45-29(46)22(36)11-9-13-41-31(37)38)26(18-35(7,8)28(20)44-25(27)16-19)43-23(30(47)48)12-10-14-42-32(39)40/h15-16,18,22-24,43-44H,9-14,17,36H2,1-8H3,(H,45,46)(H,47,48)(H4,37,38,41)(H4,39,40,42)/t22-,23-,24-/m0/s1. The van der Waals surface area contributed by atoms with Crippen molar-refractivity contribution in [3.8, 4) is 0 Å². The second kappa shape index (κ2) is 14.9. The lowest BCUT2D eigenvalue weighted by Crippen LogP contribution is -2.50. The Hall–Kier alpha value is -4.26. The molecule has 1 aromatic heterocycles. The van der Waals surface area contributed by atoms with Gasteiger partial charge in [-0.1, -0.05) is 67.5 Å². The van der Waals surface area contributed by atoms with Gasteiger partial charge in [0.2, 0.25) is 5.91 Å². The minimum Gasteiger partial charge on any atom is -0.480 e. The highest BCUT2D eigenvalue weighted by Gasteiger charge is 2.37. The summed E-state index contributed by atoms with van der Waals surface area (Å²) in [5.41, 5.74) is 33.5. The lowest BCUT2D eigenvalue weighted by atomic mass is 9.77. The number of nitrogens with zero attached hydrogens (tertiary/aromatic N) is 2. The molecule has 0 bridgehead atoms. The number of hydrogen-bond donors (Lipinski definition) is 9. The molecule has 13 heteroatoms. The van der Waals surface area contributed by atoms with E-state index in [-0.39, 0.29) is 35.1 Å². The van der Waals surface area contributed by atoms with Crippen molar-refractivity contribution in [2.45, 2.75) is 122 Å². The zero-order chi connectivity index (χ0) is 36.2. The molecule has 1 aliphatic rings. The SMILES string of the molecule is CC(C)(C)c1cc(C(C)(C)C)c2c3c([nH]c2c1)C(C)(C)C=C(N[C@@H](CCCN=C(N)N)C(=O)O)[C@@H](NC(=O)[C@@H](N)CCCN=C(N)N)C3. The number of H-pyrrole nitrogens is 1. The van der Waals surface area contributed by atoms with E-state index in [4.69, 9.17) is 28.7 Å². The van der Waals surface area contributed by atoms with E-state index in [1.807, 2.05) is 6.08 Å². The Balaban J connectivity index is 2.13. The molecular weight excluding hydrogens is 608 g/mol. The Morgan fingerprint density at radius 1 is 0.979 bits per heavy atom. The second-order valence-corrected chi connectivity index (χ2v) is 15.6. The Morgan fingerprint density at radius 2 is 1.56 bits per heavy atom. The molecule has 0 fully saturated rings. The molecule has 266 valence electrons. The molecule has 1 aliphatic carbocycles. The maximum absolute atomic E-state index is 13.6. The molecule has 0 spiro atoms. The van der Waals surface area contributed by atoms with Gasteiger partial charge in [0.25, 0.3) is 0 Å². The number of rotatable bonds is 13. The zero-order valence-corrected chi connectivity index (χ0v) is 30.0. The van der Waals surface area contributed by atoms with Gasteiger partial charge in [-0.2, -0.15) is 0 Å². The monoisotopic (exact) mass is 666 g/mol. The van der Waals surface area contributed by atoms with E-state index < -0.39 is 29.5 Å². The maximum atomic E-state index is 13.6. The van der Waals surface area contributed by atoms with E-state index in [2.05, 4.69) is 93.1 Å². The Morgan fingerprint density at radius 3 is 2.08 bits per heavy atom. The van der Waals surface area contributed by atoms with E-state index in [0.29, 0.717) is 44.5 Å². The summed E-state index contributed by atoms with van der Waals surface area (Å²) < 4.78 is 0. The van der Waals surface area contributed by atoms with Crippen LogP contribution in [0.4, 0.5) is 0 Å². The van der Waals surface area contributed by atoms with E-state index in [1.54, 1.807) is 0 Å². The highest BCUT2D eigenvalue weighted by Crippen LogP contribution is 2.43. The van der Waals surface area contributed by atoms with Crippen LogP contribution >= 0.6 is 0 Å². The lowest BCUT2D eigenvalue weighted by Gasteiger charge is -2.28. The Kier molecular flexibility index (Phi) is 11.8. The van der Waals surface area contributed by atoms with E-state index in [1.165, 1.54) is 11.1 Å². The van der Waals surface area contributed by atoms with Crippen LogP contribution in [-0.2, 0) is 32.3 Å². The van der Waals surface area contributed by atoms with Crippen molar-refractivity contribution in [3.05, 3.63) is 46.3 Å². The van der Waals surface area contributed by atoms with Crippen LogP contribution in [0, 0.1) is 0 Å². The van der Waals surface area contributed by atoms with Crippen molar-refractivity contribution in [3.63, 3.8) is 0 Å². The van der Waals surface area contributed by atoms with Gasteiger partial charge in [0.1, 0.15) is 6.04 Å². The predicted octanol–water partition coefficient (Wildman–Crippen LogP) is 2.44. The number of carbonyl (C=O) groups excluding carboxylic acids is 1. The molecule has 13 nitrogen and oxygen atoms in total. The first kappa shape index (κ1) is 38.2. The lowest BCUT2D eigenvalue weighted by molar-refractivity contribution is -0.139. The first-order valence-electron chi connectivity index (χ1n) is 16.7. The van der Waals surface area contributed by atoms with Crippen molar-refractivity contribution in [2.24, 2.45) is 38.7 Å². The third kappa shape index (κ3) is 9.65. The molecule has 0 saturated heterocycles. The summed E-state index contributed by atoms with van der Waals surface area (Å²) >= 11 is 0. The van der Waals surface area contributed by atoms with Gasteiger partial charge < -0.3 is 49.4 Å². The Bertz CT molecular complexity index is 1570. The smallest absolute Gasteiger partial charge is 0.326 e. The number of aromatic amines is 1. The fourth-order valence-corrected chi connectivity index (χ4v) is 6.22. The van der Waals surface area contributed by atoms with Crippen LogP contribution in [0.3, 0.4) is 0 Å². The number of carboxylic acids is 1. The molecule has 3 rings (SSSR count). The summed E-state index contributed by atoms with van der Waals surface area (Å²) in [6, 6.07) is 2.19. The number of guanidine groups is 2. The second-order valence-electron chi connectivity index (χ2n) is 15.6. The molecule has 0 aliphatic heterocycles. The topological polar surface area (TPSA) is 249 Å². The number of nitrogens with one attached hydrogen (secondary N) is 3. The summed E-state index contributed by atoms with van der Waals surface area (Å²) in [7, 11) is 0. The van der Waals surface area contributed by atoms with Crippen LogP contribution in [0.5, 0.6) is 0 Å². The number of fused-ring (bicyclic) bond motifs is 3. The molecule has 2 aromatic rings. The van der Waals surface area contributed by atoms with Gasteiger partial charge in [-0.05, 0) is 59.3 Å². The number of benzene rings is 1. The number of aliphatic imine (C=N–C) groups is 2. The predicted molar refractivity (Wildman–Crippen MR) is 195 cm³/mol. The average molecular weight is 667 g/mol. The number of amides is 1. The molecule has 0 radical (unpaired) electrons. The summed E-state index contributed by atoms with van der Waals surface area (Å²) in [6.07, 6.45) is 4.06. The molecule has 1 heterocycles. The van der Waals surface area contributed by atoms with Crippen LogP contribution in [0.15, 0.2) is 33.9 Å². The number of aromatic nitrogens is 1. The average Bonchev–Trinajstić information content (AvgIpc) is 3.28. The van der Waals surface area contributed by atoms with Crippen molar-refractivity contribution in [2.75, 3.05) is 13.1 Å². The molecular formula is C35H58N10O3. The molecule has 0 unspecified atom stereocenters. The normalized spacial score (nSPS) is 17.4. The van der Waals surface area contributed by atoms with Crippen molar-refractivity contribution in [1.82, 2.24) is 15.6 Å². The summed E-state index contributed by atoms with van der Waals surface area (Å²) in [5, 5.41) is 17.8. The van der Waals surface area contributed by atoms with E-state index in [0.717, 1.165) is 22.2 Å². The molecule has 14 N–H and O–H groups in total. The maximum Gasteiger partial charge on any atom is 0.326 e. The minimum atomic E-state index is -1.02. The highest BCUT2D eigenvalue weighted by molar-refractivity contribution is 5.91. The summed E-state index contributed by atoms with van der Waals surface area (Å²) in [5.74, 6) is -1.42. The van der Waals surface area contributed by atoms with Gasteiger partial charge in [0.05, 0.1) is 12.1 Å². The number of nitrogens with two attached hydrogens (primary N) is 5. The number of carbonyl (C=O) groups is 2. The number of allylic oxidation sites excluding steroid dienone is 1. The number of aliphatic carboxylic acids is 1. The summed E-state index contributed by atoms with van der Waals surface area (Å²) in [6.45, 7) is 18.1. The van der Waals surface area contributed by atoms with Crippen molar-refractivity contribution < 1.29 is 14.7 Å². The first-order chi connectivity index (χ1) is 22.1. The van der Waals surface area contributed by atoms with Crippen LogP contribution in [0.2, 0.25) is 0 Å². The molecule has 1 aromatic carbocycles. The van der Waals surface area contributed by atoms with Crippen molar-refractivity contribution >= 4 is 34.7 Å². The third-order valence-corrected chi connectivity index (χ3v) is 8.83. The van der Waals surface area contributed by atoms with Gasteiger partial charge >= 0.3 is 5.97 Å². The van der Waals surface area contributed by atoms with Crippen LogP contribution in [0.1, 0.15) is 103 Å². The Labute approximate surface area is 284 Å². The van der Waals surface area contributed by atoms with Crippen LogP contribution in [0.25, 0.3) is 10.9 Å². The van der Waals surface area contributed by atoms with Gasteiger partial charge in [-0.25, -0.2) is 4.79 Å². The van der Waals surface area contributed by atoms with Gasteiger partial charge in [0, 0.05) is 47.2 Å². The fraction of sp³-hybridized carbons (Fsp3) is 0.600. The van der Waals surface area contributed by atoms with E-state index in [9.17, 15) is 14.7 Å². The van der Waals surface area contributed by atoms with Crippen molar-refractivity contribution in [1.29, 1.82) is 0 Å². The molecule has 0 saturated carbocycles. The fourth-order valence-electron chi connectivity index (χ4n) is 6.22. The van der Waals surface area contributed by atoms with Crippen LogP contribution < -0.4 is 39.3 Å². The van der Waals surface area contributed by atoms with Gasteiger partial charge in [-0.15, -0.1) is 0 Å². The zero-order valence-electron chi connectivity index (χ0n) is 30.0.